The number of amides is 1. The lowest BCUT2D eigenvalue weighted by Crippen LogP contribution is -2.49. The van der Waals surface area contributed by atoms with Crippen LogP contribution in [-0.4, -0.2) is 54.1 Å². The van der Waals surface area contributed by atoms with E-state index in [-0.39, 0.29) is 24.2 Å². The van der Waals surface area contributed by atoms with Gasteiger partial charge in [0.15, 0.2) is 0 Å². The predicted molar refractivity (Wildman–Crippen MR) is 161 cm³/mol. The number of hydrogen-bond donors (Lipinski definition) is 1. The third kappa shape index (κ3) is 6.63. The zero-order valence-electron chi connectivity index (χ0n) is 23.8. The summed E-state index contributed by atoms with van der Waals surface area (Å²) in [5, 5.41) is 0.768. The summed E-state index contributed by atoms with van der Waals surface area (Å²) in [6, 6.07) is 22.7. The molecule has 1 aliphatic rings. The van der Waals surface area contributed by atoms with Gasteiger partial charge in [0.1, 0.15) is 11.4 Å². The van der Waals surface area contributed by atoms with Gasteiger partial charge in [0.2, 0.25) is 0 Å². The van der Waals surface area contributed by atoms with Crippen molar-refractivity contribution in [3.05, 3.63) is 112 Å². The standard InChI is InChI=1S/C30H28FN3O4.C2H6.H3N/c1-2-38-30(37)26-27(32-16-18-33(19-17-32)28(35)22-12-14-23(31)15-13-22)24-10-6-7-11-25(24)34(29(26)36)20-21-8-4-3-5-9-21;1-2;/h3-15H,2,16-20H2,1H3;1-2H3;1H3. The van der Waals surface area contributed by atoms with Gasteiger partial charge < -0.3 is 25.3 Å². The number of anilines is 1. The van der Waals surface area contributed by atoms with E-state index in [2.05, 4.69) is 0 Å². The molecular formula is C32H37FN4O4. The highest BCUT2D eigenvalue weighted by molar-refractivity contribution is 6.05. The third-order valence-electron chi connectivity index (χ3n) is 6.78. The van der Waals surface area contributed by atoms with E-state index in [1.807, 2.05) is 73.3 Å². The van der Waals surface area contributed by atoms with Crippen LogP contribution in [0.3, 0.4) is 0 Å². The summed E-state index contributed by atoms with van der Waals surface area (Å²) in [5.74, 6) is -1.24. The number of nitrogens with zero attached hydrogens (tertiary/aromatic N) is 3. The van der Waals surface area contributed by atoms with Crippen molar-refractivity contribution in [3.8, 4) is 0 Å². The third-order valence-corrected chi connectivity index (χ3v) is 6.78. The van der Waals surface area contributed by atoms with Gasteiger partial charge in [0, 0.05) is 37.1 Å². The number of carbonyl (C=O) groups excluding carboxylic acids is 2. The van der Waals surface area contributed by atoms with Crippen molar-refractivity contribution < 1.29 is 18.7 Å². The molecule has 0 aliphatic carbocycles. The van der Waals surface area contributed by atoms with Gasteiger partial charge in [-0.3, -0.25) is 9.59 Å². The molecule has 2 heterocycles. The number of para-hydroxylation sites is 1. The van der Waals surface area contributed by atoms with Crippen molar-refractivity contribution in [2.24, 2.45) is 0 Å². The van der Waals surface area contributed by atoms with Crippen molar-refractivity contribution in [1.82, 2.24) is 15.6 Å². The summed E-state index contributed by atoms with van der Waals surface area (Å²) in [6.07, 6.45) is 0. The van der Waals surface area contributed by atoms with Gasteiger partial charge in [-0.2, -0.15) is 0 Å². The number of carbonyl (C=O) groups is 2. The second-order valence-corrected chi connectivity index (χ2v) is 9.12. The monoisotopic (exact) mass is 560 g/mol. The Balaban J connectivity index is 0.00000151. The first kappa shape index (κ1) is 31.0. The molecule has 9 heteroatoms. The van der Waals surface area contributed by atoms with Crippen LogP contribution >= 0.6 is 0 Å². The van der Waals surface area contributed by atoms with Gasteiger partial charge in [-0.15, -0.1) is 0 Å². The quantitative estimate of drug-likeness (QED) is 0.312. The lowest BCUT2D eigenvalue weighted by Gasteiger charge is -2.37. The fourth-order valence-electron chi connectivity index (χ4n) is 4.94. The molecule has 1 amide bonds. The van der Waals surface area contributed by atoms with Crippen LogP contribution < -0.4 is 16.6 Å². The molecule has 0 atom stereocenters. The average molecular weight is 561 g/mol. The molecule has 3 N–H and O–H groups in total. The molecule has 8 nitrogen and oxygen atoms in total. The Morgan fingerprint density at radius 1 is 0.854 bits per heavy atom. The molecule has 3 aromatic carbocycles. The largest absolute Gasteiger partial charge is 0.462 e. The number of ether oxygens (including phenoxy) is 1. The molecule has 1 aliphatic heterocycles. The molecule has 41 heavy (non-hydrogen) atoms. The first-order chi connectivity index (χ1) is 19.5. The van der Waals surface area contributed by atoms with Gasteiger partial charge >= 0.3 is 5.97 Å². The van der Waals surface area contributed by atoms with Crippen LogP contribution in [0.5, 0.6) is 0 Å². The highest BCUT2D eigenvalue weighted by Gasteiger charge is 2.30. The second-order valence-electron chi connectivity index (χ2n) is 9.12. The molecule has 216 valence electrons. The maximum absolute atomic E-state index is 13.9. The number of pyridine rings is 1. The Hall–Kier alpha value is -4.50. The molecule has 1 fully saturated rings. The van der Waals surface area contributed by atoms with E-state index < -0.39 is 17.3 Å². The smallest absolute Gasteiger partial charge is 0.345 e. The summed E-state index contributed by atoms with van der Waals surface area (Å²) < 4.78 is 20.3. The van der Waals surface area contributed by atoms with Crippen molar-refractivity contribution in [2.75, 3.05) is 37.7 Å². The van der Waals surface area contributed by atoms with Crippen LogP contribution in [0.15, 0.2) is 83.7 Å². The minimum absolute atomic E-state index is 0. The normalized spacial score (nSPS) is 12.7. The van der Waals surface area contributed by atoms with Crippen molar-refractivity contribution in [1.29, 1.82) is 0 Å². The summed E-state index contributed by atoms with van der Waals surface area (Å²) in [7, 11) is 0. The highest BCUT2D eigenvalue weighted by Crippen LogP contribution is 2.31. The maximum Gasteiger partial charge on any atom is 0.345 e. The maximum atomic E-state index is 13.9. The lowest BCUT2D eigenvalue weighted by molar-refractivity contribution is 0.0523. The Labute approximate surface area is 239 Å². The van der Waals surface area contributed by atoms with Crippen LogP contribution in [-0.2, 0) is 11.3 Å². The van der Waals surface area contributed by atoms with Crippen LogP contribution in [0.1, 0.15) is 47.1 Å². The molecule has 0 saturated carbocycles. The first-order valence-electron chi connectivity index (χ1n) is 13.6. The van der Waals surface area contributed by atoms with Gasteiger partial charge in [-0.1, -0.05) is 62.4 Å². The van der Waals surface area contributed by atoms with Crippen LogP contribution in [0.4, 0.5) is 10.1 Å². The Morgan fingerprint density at radius 3 is 2.10 bits per heavy atom. The number of fused-ring (bicyclic) bond motifs is 1. The SMILES string of the molecule is CC.CCOC(=O)c1c(N2CCN(C(=O)c3ccc(F)cc3)CC2)c2ccccc2n(Cc2ccccc2)c1=O.N. The van der Waals surface area contributed by atoms with Crippen LogP contribution in [0.2, 0.25) is 0 Å². The van der Waals surface area contributed by atoms with Gasteiger partial charge in [-0.05, 0) is 42.8 Å². The minimum atomic E-state index is -0.662. The van der Waals surface area contributed by atoms with E-state index in [1.54, 1.807) is 16.4 Å². The Bertz CT molecular complexity index is 1530. The zero-order valence-corrected chi connectivity index (χ0v) is 23.8. The predicted octanol–water partition coefficient (Wildman–Crippen LogP) is 5.52. The van der Waals surface area contributed by atoms with Gasteiger partial charge in [-0.25, -0.2) is 9.18 Å². The Morgan fingerprint density at radius 2 is 1.46 bits per heavy atom. The fourth-order valence-corrected chi connectivity index (χ4v) is 4.94. The zero-order chi connectivity index (χ0) is 28.6. The number of aromatic nitrogens is 1. The van der Waals surface area contributed by atoms with E-state index in [9.17, 15) is 18.8 Å². The van der Waals surface area contributed by atoms with Crippen molar-refractivity contribution >= 4 is 28.5 Å². The summed E-state index contributed by atoms with van der Waals surface area (Å²) in [4.78, 5) is 43.7. The van der Waals surface area contributed by atoms with Gasteiger partial charge in [0.05, 0.1) is 24.4 Å². The Kier molecular flexibility index (Phi) is 10.8. The molecular weight excluding hydrogens is 523 g/mol. The molecule has 0 bridgehead atoms. The number of hydrogen-bond acceptors (Lipinski definition) is 6. The van der Waals surface area contributed by atoms with Gasteiger partial charge in [0.25, 0.3) is 11.5 Å². The van der Waals surface area contributed by atoms with Crippen LogP contribution in [0, 0.1) is 5.82 Å². The fraction of sp³-hybridized carbons (Fsp3) is 0.281. The second kappa shape index (κ2) is 14.2. The lowest BCUT2D eigenvalue weighted by atomic mass is 10.0. The molecule has 0 radical (unpaired) electrons. The molecule has 1 aromatic heterocycles. The number of rotatable bonds is 6. The number of piperazine rings is 1. The summed E-state index contributed by atoms with van der Waals surface area (Å²) in [6.45, 7) is 7.79. The minimum Gasteiger partial charge on any atom is -0.462 e. The molecule has 0 spiro atoms. The van der Waals surface area contributed by atoms with Crippen molar-refractivity contribution in [3.63, 3.8) is 0 Å². The first-order valence-corrected chi connectivity index (χ1v) is 13.6. The summed E-state index contributed by atoms with van der Waals surface area (Å²) >= 11 is 0. The van der Waals surface area contributed by atoms with E-state index in [0.29, 0.717) is 49.5 Å². The van der Waals surface area contributed by atoms with Crippen molar-refractivity contribution in [2.45, 2.75) is 27.3 Å². The molecule has 5 rings (SSSR count). The van der Waals surface area contributed by atoms with Crippen LogP contribution in [0.25, 0.3) is 10.9 Å². The van der Waals surface area contributed by atoms with E-state index in [1.165, 1.54) is 24.3 Å². The van der Waals surface area contributed by atoms with E-state index in [0.717, 1.165) is 10.9 Å². The number of halogens is 1. The molecule has 4 aromatic rings. The highest BCUT2D eigenvalue weighted by atomic mass is 19.1. The number of esters is 1. The molecule has 0 unspecified atom stereocenters. The number of benzene rings is 3. The van der Waals surface area contributed by atoms with E-state index in [4.69, 9.17) is 4.74 Å². The van der Waals surface area contributed by atoms with E-state index >= 15 is 0 Å². The topological polar surface area (TPSA) is 107 Å². The average Bonchev–Trinajstić information content (AvgIpc) is 3.00. The molecule has 1 saturated heterocycles. The summed E-state index contributed by atoms with van der Waals surface area (Å²) in [5.41, 5.74) is 2.19.